The molecule has 39 heavy (non-hydrogen) atoms. The summed E-state index contributed by atoms with van der Waals surface area (Å²) >= 11 is 0. The van der Waals surface area contributed by atoms with E-state index in [2.05, 4.69) is 64.5 Å². The maximum atomic E-state index is 13.9. The second-order valence-electron chi connectivity index (χ2n) is 10.6. The molecule has 0 radical (unpaired) electrons. The quantitative estimate of drug-likeness (QED) is 0.324. The molecule has 3 aromatic rings. The lowest BCUT2D eigenvalue weighted by Crippen LogP contribution is -2.49. The minimum atomic E-state index is -0.281. The van der Waals surface area contributed by atoms with Crippen molar-refractivity contribution in [1.29, 1.82) is 0 Å². The molecule has 0 bridgehead atoms. The van der Waals surface area contributed by atoms with Crippen LogP contribution in [-0.2, 0) is 4.79 Å². The molecule has 0 spiro atoms. The monoisotopic (exact) mass is 526 g/mol. The summed E-state index contributed by atoms with van der Waals surface area (Å²) in [6.45, 7) is 6.68. The second kappa shape index (κ2) is 14.1. The number of benzene rings is 3. The molecule has 1 fully saturated rings. The normalized spacial score (nSPS) is 17.7. The molecule has 3 aromatic carbocycles. The lowest BCUT2D eigenvalue weighted by Gasteiger charge is -2.29. The summed E-state index contributed by atoms with van der Waals surface area (Å²) in [5.74, 6) is 0.161. The Hall–Kier alpha value is -3.48. The number of hydrogen-bond acceptors (Lipinski definition) is 4. The van der Waals surface area contributed by atoms with E-state index in [4.69, 9.17) is 0 Å². The van der Waals surface area contributed by atoms with Crippen LogP contribution in [0.3, 0.4) is 0 Å². The Labute approximate surface area is 233 Å². The summed E-state index contributed by atoms with van der Waals surface area (Å²) in [5, 5.41) is 9.90. The van der Waals surface area contributed by atoms with Gasteiger partial charge in [-0.05, 0) is 81.1 Å². The van der Waals surface area contributed by atoms with E-state index < -0.39 is 0 Å². The van der Waals surface area contributed by atoms with E-state index in [0.717, 1.165) is 31.4 Å². The molecule has 0 aliphatic carbocycles. The van der Waals surface area contributed by atoms with Crippen molar-refractivity contribution in [2.45, 2.75) is 51.1 Å². The number of rotatable bonds is 11. The molecule has 0 saturated carbocycles. The van der Waals surface area contributed by atoms with E-state index in [0.29, 0.717) is 25.2 Å². The van der Waals surface area contributed by atoms with E-state index in [-0.39, 0.29) is 29.8 Å². The number of hydrogen-bond donors (Lipinski definition) is 3. The van der Waals surface area contributed by atoms with Gasteiger partial charge in [0, 0.05) is 37.2 Å². The molecule has 6 heteroatoms. The molecular weight excluding hydrogens is 484 g/mol. The number of nitrogens with one attached hydrogen (secondary N) is 3. The molecule has 2 amide bonds. The Morgan fingerprint density at radius 2 is 1.64 bits per heavy atom. The molecule has 2 unspecified atom stereocenters. The minimum absolute atomic E-state index is 0.0148. The summed E-state index contributed by atoms with van der Waals surface area (Å²) in [4.78, 5) is 28.8. The van der Waals surface area contributed by atoms with Gasteiger partial charge in [-0.25, -0.2) is 0 Å². The van der Waals surface area contributed by atoms with Crippen molar-refractivity contribution in [3.05, 3.63) is 107 Å². The van der Waals surface area contributed by atoms with Crippen LogP contribution in [0.15, 0.2) is 78.9 Å². The van der Waals surface area contributed by atoms with Crippen molar-refractivity contribution in [3.63, 3.8) is 0 Å². The largest absolute Gasteiger partial charge is 0.350 e. The zero-order chi connectivity index (χ0) is 27.6. The maximum absolute atomic E-state index is 13.9. The smallest absolute Gasteiger partial charge is 0.251 e. The molecule has 206 valence electrons. The molecule has 1 heterocycles. The number of nitrogens with zero attached hydrogens (tertiary/aromatic N) is 1. The van der Waals surface area contributed by atoms with Crippen LogP contribution in [0.1, 0.15) is 57.8 Å². The van der Waals surface area contributed by atoms with Crippen LogP contribution < -0.4 is 16.0 Å². The van der Waals surface area contributed by atoms with Crippen LogP contribution >= 0.6 is 0 Å². The van der Waals surface area contributed by atoms with Gasteiger partial charge in [0.25, 0.3) is 5.91 Å². The van der Waals surface area contributed by atoms with E-state index >= 15 is 0 Å². The minimum Gasteiger partial charge on any atom is -0.350 e. The van der Waals surface area contributed by atoms with E-state index in [1.807, 2.05) is 56.1 Å². The van der Waals surface area contributed by atoms with Crippen molar-refractivity contribution in [2.24, 2.45) is 0 Å². The molecule has 4 rings (SSSR count). The first-order chi connectivity index (χ1) is 19.0. The second-order valence-corrected chi connectivity index (χ2v) is 10.6. The fourth-order valence-corrected chi connectivity index (χ4v) is 5.31. The average molecular weight is 527 g/mol. The number of carbonyl (C=O) groups excluding carboxylic acids is 2. The van der Waals surface area contributed by atoms with Gasteiger partial charge >= 0.3 is 0 Å². The van der Waals surface area contributed by atoms with Crippen LogP contribution in [0.2, 0.25) is 0 Å². The number of carbonyl (C=O) groups is 2. The fourth-order valence-electron chi connectivity index (χ4n) is 5.31. The number of aryl methyl sites for hydroxylation is 2. The molecular formula is C33H42N4O2. The molecule has 0 aromatic heterocycles. The summed E-state index contributed by atoms with van der Waals surface area (Å²) in [5.41, 5.74) is 5.36. The predicted molar refractivity (Wildman–Crippen MR) is 158 cm³/mol. The lowest BCUT2D eigenvalue weighted by molar-refractivity contribution is -0.133. The molecule has 6 nitrogen and oxygen atoms in total. The Balaban J connectivity index is 1.49. The SMILES string of the molecule is CNCCCC1NC(CNC(=O)c2ccc(C)c(C)c2)CCN(CC(c2ccccc2)c2ccccc2)C1=O. The zero-order valence-corrected chi connectivity index (χ0v) is 23.5. The van der Waals surface area contributed by atoms with Gasteiger partial charge < -0.3 is 20.9 Å². The van der Waals surface area contributed by atoms with Gasteiger partial charge in [-0.15, -0.1) is 0 Å². The Bertz CT molecular complexity index is 1180. The summed E-state index contributed by atoms with van der Waals surface area (Å²) in [7, 11) is 1.93. The maximum Gasteiger partial charge on any atom is 0.251 e. The van der Waals surface area contributed by atoms with E-state index in [1.165, 1.54) is 16.7 Å². The Morgan fingerprint density at radius 1 is 0.974 bits per heavy atom. The van der Waals surface area contributed by atoms with Gasteiger partial charge in [-0.3, -0.25) is 9.59 Å². The summed E-state index contributed by atoms with van der Waals surface area (Å²) < 4.78 is 0. The van der Waals surface area contributed by atoms with Gasteiger partial charge in [0.2, 0.25) is 5.91 Å². The molecule has 1 saturated heterocycles. The predicted octanol–water partition coefficient (Wildman–Crippen LogP) is 4.42. The Morgan fingerprint density at radius 3 is 2.26 bits per heavy atom. The Kier molecular flexibility index (Phi) is 10.3. The van der Waals surface area contributed by atoms with Crippen molar-refractivity contribution in [1.82, 2.24) is 20.9 Å². The van der Waals surface area contributed by atoms with Crippen LogP contribution in [0.5, 0.6) is 0 Å². The van der Waals surface area contributed by atoms with Crippen LogP contribution in [-0.4, -0.2) is 62.0 Å². The van der Waals surface area contributed by atoms with E-state index in [1.54, 1.807) is 0 Å². The van der Waals surface area contributed by atoms with Crippen molar-refractivity contribution in [2.75, 3.05) is 33.2 Å². The summed E-state index contributed by atoms with van der Waals surface area (Å²) in [6.07, 6.45) is 2.42. The standard InChI is InChI=1S/C33H42N4O2/c1-24-16-17-28(21-25(24)2)32(38)35-22-29-18-20-37(33(39)31(36-29)15-10-19-34-3)23-30(26-11-6-4-7-12-26)27-13-8-5-9-14-27/h4-9,11-14,16-17,21,29-31,34,36H,10,15,18-20,22-23H2,1-3H3,(H,35,38). The third-order valence-electron chi connectivity index (χ3n) is 7.80. The molecule has 2 atom stereocenters. The van der Waals surface area contributed by atoms with Crippen LogP contribution in [0.4, 0.5) is 0 Å². The zero-order valence-electron chi connectivity index (χ0n) is 23.5. The summed E-state index contributed by atoms with van der Waals surface area (Å²) in [6, 6.07) is 26.4. The third kappa shape index (κ3) is 7.78. The molecule has 1 aliphatic rings. The van der Waals surface area contributed by atoms with Gasteiger partial charge in [-0.2, -0.15) is 0 Å². The highest BCUT2D eigenvalue weighted by Gasteiger charge is 2.32. The topological polar surface area (TPSA) is 73.5 Å². The fraction of sp³-hybridized carbons (Fsp3) is 0.394. The van der Waals surface area contributed by atoms with Gasteiger partial charge in [0.1, 0.15) is 0 Å². The van der Waals surface area contributed by atoms with Crippen LogP contribution in [0.25, 0.3) is 0 Å². The van der Waals surface area contributed by atoms with Crippen LogP contribution in [0, 0.1) is 13.8 Å². The highest BCUT2D eigenvalue weighted by molar-refractivity contribution is 5.94. The first kappa shape index (κ1) is 28.5. The lowest BCUT2D eigenvalue weighted by atomic mass is 9.90. The molecule has 1 aliphatic heterocycles. The highest BCUT2D eigenvalue weighted by Crippen LogP contribution is 2.27. The van der Waals surface area contributed by atoms with Crippen molar-refractivity contribution < 1.29 is 9.59 Å². The number of amides is 2. The third-order valence-corrected chi connectivity index (χ3v) is 7.80. The van der Waals surface area contributed by atoms with E-state index in [9.17, 15) is 9.59 Å². The molecule has 3 N–H and O–H groups in total. The van der Waals surface area contributed by atoms with Crippen molar-refractivity contribution in [3.8, 4) is 0 Å². The average Bonchev–Trinajstić information content (AvgIpc) is 3.11. The van der Waals surface area contributed by atoms with Gasteiger partial charge in [-0.1, -0.05) is 66.7 Å². The first-order valence-corrected chi connectivity index (χ1v) is 14.1. The highest BCUT2D eigenvalue weighted by atomic mass is 16.2. The van der Waals surface area contributed by atoms with Gasteiger partial charge in [0.15, 0.2) is 0 Å². The van der Waals surface area contributed by atoms with Crippen molar-refractivity contribution >= 4 is 11.8 Å². The van der Waals surface area contributed by atoms with Gasteiger partial charge in [0.05, 0.1) is 6.04 Å². The first-order valence-electron chi connectivity index (χ1n) is 14.1.